The highest BCUT2D eigenvalue weighted by atomic mass is 19.3. The maximum Gasteiger partial charge on any atom is 0.250 e. The van der Waals surface area contributed by atoms with Crippen molar-refractivity contribution < 1.29 is 8.78 Å². The lowest BCUT2D eigenvalue weighted by molar-refractivity contribution is -0.0541. The molecule has 0 spiro atoms. The second-order valence-corrected chi connectivity index (χ2v) is 4.56. The topological polar surface area (TPSA) is 0 Å². The van der Waals surface area contributed by atoms with Gasteiger partial charge in [0.15, 0.2) is 0 Å². The van der Waals surface area contributed by atoms with Crippen molar-refractivity contribution in [1.82, 2.24) is 0 Å². The van der Waals surface area contributed by atoms with E-state index in [0.717, 1.165) is 12.8 Å². The standard InChI is InChI=1S/C11H22F2/c1-9(2)7-5-6-8-11(12,13)10(3)4/h9-10H,5-8H2,1-4H3. The third kappa shape index (κ3) is 6.00. The van der Waals surface area contributed by atoms with Crippen molar-refractivity contribution in [3.8, 4) is 0 Å². The van der Waals surface area contributed by atoms with Crippen LogP contribution in [0.1, 0.15) is 53.4 Å². The fourth-order valence-corrected chi connectivity index (χ4v) is 1.20. The summed E-state index contributed by atoms with van der Waals surface area (Å²) < 4.78 is 26.1. The van der Waals surface area contributed by atoms with Crippen molar-refractivity contribution in [3.63, 3.8) is 0 Å². The van der Waals surface area contributed by atoms with Gasteiger partial charge in [-0.25, -0.2) is 8.78 Å². The van der Waals surface area contributed by atoms with Gasteiger partial charge in [0.05, 0.1) is 0 Å². The number of hydrogen-bond acceptors (Lipinski definition) is 0. The molecule has 2 heteroatoms. The summed E-state index contributed by atoms with van der Waals surface area (Å²) in [6.07, 6.45) is 2.70. The van der Waals surface area contributed by atoms with Gasteiger partial charge in [-0.1, -0.05) is 40.5 Å². The van der Waals surface area contributed by atoms with E-state index in [1.165, 1.54) is 0 Å². The zero-order valence-electron chi connectivity index (χ0n) is 9.24. The third-order valence-electron chi connectivity index (χ3n) is 2.39. The summed E-state index contributed by atoms with van der Waals surface area (Å²) in [6, 6.07) is 0. The van der Waals surface area contributed by atoms with E-state index in [1.54, 1.807) is 13.8 Å². The molecule has 0 saturated carbocycles. The number of halogens is 2. The molecule has 0 saturated heterocycles. The average Bonchev–Trinajstić information content (AvgIpc) is 1.97. The minimum atomic E-state index is -2.46. The molecule has 0 atom stereocenters. The van der Waals surface area contributed by atoms with Crippen LogP contribution in [0.4, 0.5) is 8.78 Å². The highest BCUT2D eigenvalue weighted by Crippen LogP contribution is 2.30. The van der Waals surface area contributed by atoms with Gasteiger partial charge in [0.2, 0.25) is 5.92 Å². The van der Waals surface area contributed by atoms with Gasteiger partial charge in [0, 0.05) is 12.3 Å². The molecule has 0 aliphatic heterocycles. The molecule has 0 rings (SSSR count). The predicted octanol–water partition coefficient (Wildman–Crippen LogP) is 4.49. The van der Waals surface area contributed by atoms with Crippen LogP contribution in [0, 0.1) is 11.8 Å². The first-order valence-electron chi connectivity index (χ1n) is 5.24. The Hall–Kier alpha value is -0.140. The first-order valence-corrected chi connectivity index (χ1v) is 5.24. The fourth-order valence-electron chi connectivity index (χ4n) is 1.20. The Bertz CT molecular complexity index is 128. The Labute approximate surface area is 80.7 Å². The molecule has 0 fully saturated rings. The van der Waals surface area contributed by atoms with E-state index in [1.807, 2.05) is 0 Å². The summed E-state index contributed by atoms with van der Waals surface area (Å²) in [7, 11) is 0. The van der Waals surface area contributed by atoms with Gasteiger partial charge < -0.3 is 0 Å². The molecule has 0 aromatic heterocycles. The van der Waals surface area contributed by atoms with Crippen molar-refractivity contribution in [2.75, 3.05) is 0 Å². The third-order valence-corrected chi connectivity index (χ3v) is 2.39. The Kier molecular flexibility index (Phi) is 5.50. The second-order valence-electron chi connectivity index (χ2n) is 4.56. The van der Waals surface area contributed by atoms with E-state index < -0.39 is 11.8 Å². The van der Waals surface area contributed by atoms with Crippen molar-refractivity contribution in [3.05, 3.63) is 0 Å². The lowest BCUT2D eigenvalue weighted by Gasteiger charge is -2.20. The molecule has 0 amide bonds. The lowest BCUT2D eigenvalue weighted by atomic mass is 9.98. The highest BCUT2D eigenvalue weighted by molar-refractivity contribution is 4.70. The smallest absolute Gasteiger partial charge is 0.207 e. The quantitative estimate of drug-likeness (QED) is 0.544. The summed E-state index contributed by atoms with van der Waals surface area (Å²) >= 11 is 0. The van der Waals surface area contributed by atoms with Gasteiger partial charge in [-0.2, -0.15) is 0 Å². The number of hydrogen-bond donors (Lipinski definition) is 0. The molecule has 0 aliphatic carbocycles. The molecule has 0 radical (unpaired) electrons. The normalized spacial score (nSPS) is 12.9. The van der Waals surface area contributed by atoms with E-state index in [4.69, 9.17) is 0 Å². The molecular weight excluding hydrogens is 170 g/mol. The second kappa shape index (κ2) is 5.56. The van der Waals surface area contributed by atoms with Gasteiger partial charge in [-0.15, -0.1) is 0 Å². The highest BCUT2D eigenvalue weighted by Gasteiger charge is 2.31. The van der Waals surface area contributed by atoms with Gasteiger partial charge in [0.25, 0.3) is 0 Å². The summed E-state index contributed by atoms with van der Waals surface area (Å²) in [5.74, 6) is -2.35. The first kappa shape index (κ1) is 12.9. The summed E-state index contributed by atoms with van der Waals surface area (Å²) in [5, 5.41) is 0. The summed E-state index contributed by atoms with van der Waals surface area (Å²) in [5.41, 5.74) is 0. The Morgan fingerprint density at radius 1 is 1.00 bits per heavy atom. The van der Waals surface area contributed by atoms with Crippen LogP contribution in [0.5, 0.6) is 0 Å². The molecule has 0 heterocycles. The van der Waals surface area contributed by atoms with Crippen LogP contribution in [-0.2, 0) is 0 Å². The SMILES string of the molecule is CC(C)CCCCC(F)(F)C(C)C. The Morgan fingerprint density at radius 3 is 1.92 bits per heavy atom. The molecule has 0 aromatic rings. The minimum absolute atomic E-state index is 0.0530. The summed E-state index contributed by atoms with van der Waals surface area (Å²) in [6.45, 7) is 7.42. The largest absolute Gasteiger partial charge is 0.250 e. The predicted molar refractivity (Wildman–Crippen MR) is 53.1 cm³/mol. The molecule has 0 bridgehead atoms. The van der Waals surface area contributed by atoms with E-state index in [-0.39, 0.29) is 6.42 Å². The van der Waals surface area contributed by atoms with Crippen molar-refractivity contribution in [2.45, 2.75) is 59.3 Å². The Morgan fingerprint density at radius 2 is 1.54 bits per heavy atom. The lowest BCUT2D eigenvalue weighted by Crippen LogP contribution is -2.23. The monoisotopic (exact) mass is 192 g/mol. The van der Waals surface area contributed by atoms with E-state index in [2.05, 4.69) is 13.8 Å². The number of rotatable bonds is 6. The maximum absolute atomic E-state index is 13.1. The minimum Gasteiger partial charge on any atom is -0.207 e. The zero-order valence-corrected chi connectivity index (χ0v) is 9.24. The molecule has 0 N–H and O–H groups in total. The number of unbranched alkanes of at least 4 members (excludes halogenated alkanes) is 1. The van der Waals surface area contributed by atoms with Gasteiger partial charge in [-0.05, 0) is 12.3 Å². The molecule has 80 valence electrons. The molecular formula is C11H22F2. The average molecular weight is 192 g/mol. The number of alkyl halides is 2. The van der Waals surface area contributed by atoms with Gasteiger partial charge >= 0.3 is 0 Å². The Balaban J connectivity index is 3.52. The van der Waals surface area contributed by atoms with Crippen molar-refractivity contribution >= 4 is 0 Å². The van der Waals surface area contributed by atoms with Crippen LogP contribution in [0.25, 0.3) is 0 Å². The van der Waals surface area contributed by atoms with Gasteiger partial charge in [0.1, 0.15) is 0 Å². The van der Waals surface area contributed by atoms with E-state index in [9.17, 15) is 8.78 Å². The fraction of sp³-hybridized carbons (Fsp3) is 1.00. The molecule has 0 nitrogen and oxygen atoms in total. The van der Waals surface area contributed by atoms with Crippen LogP contribution in [0.15, 0.2) is 0 Å². The van der Waals surface area contributed by atoms with Crippen molar-refractivity contribution in [2.24, 2.45) is 11.8 Å². The van der Waals surface area contributed by atoms with Crippen LogP contribution in [0.3, 0.4) is 0 Å². The molecule has 0 aliphatic rings. The molecule has 0 unspecified atom stereocenters. The first-order chi connectivity index (χ1) is 5.86. The zero-order chi connectivity index (χ0) is 10.5. The van der Waals surface area contributed by atoms with E-state index in [0.29, 0.717) is 12.3 Å². The maximum atomic E-state index is 13.1. The van der Waals surface area contributed by atoms with Crippen molar-refractivity contribution in [1.29, 1.82) is 0 Å². The molecule has 0 aromatic carbocycles. The summed E-state index contributed by atoms with van der Waals surface area (Å²) in [4.78, 5) is 0. The van der Waals surface area contributed by atoms with Crippen LogP contribution >= 0.6 is 0 Å². The molecule has 13 heavy (non-hydrogen) atoms. The van der Waals surface area contributed by atoms with Crippen LogP contribution in [-0.4, -0.2) is 5.92 Å². The van der Waals surface area contributed by atoms with E-state index >= 15 is 0 Å². The van der Waals surface area contributed by atoms with Crippen LogP contribution in [0.2, 0.25) is 0 Å². The van der Waals surface area contributed by atoms with Crippen LogP contribution < -0.4 is 0 Å². The van der Waals surface area contributed by atoms with Gasteiger partial charge in [-0.3, -0.25) is 0 Å².